The number of hydrogen-bond acceptors (Lipinski definition) is 0. The lowest BCUT2D eigenvalue weighted by Crippen LogP contribution is -2.11. The Hall–Kier alpha value is -0.790. The molecule has 2 heteroatoms. The molecule has 0 aliphatic heterocycles. The van der Waals surface area contributed by atoms with E-state index < -0.39 is 0 Å². The molecule has 0 aromatic carbocycles. The van der Waals surface area contributed by atoms with E-state index in [-0.39, 0.29) is 11.4 Å². The van der Waals surface area contributed by atoms with E-state index in [9.17, 15) is 4.39 Å². The van der Waals surface area contributed by atoms with Gasteiger partial charge in [-0.2, -0.15) is 4.39 Å². The molecule has 0 aliphatic carbocycles. The van der Waals surface area contributed by atoms with Gasteiger partial charge in [0.1, 0.15) is 0 Å². The molecule has 0 unspecified atom stereocenters. The first-order chi connectivity index (χ1) is 4.52. The summed E-state index contributed by atoms with van der Waals surface area (Å²) < 4.78 is 12.8. The molecule has 0 atom stereocenters. The second-order valence-corrected chi connectivity index (χ2v) is 3.46. The minimum Gasteiger partial charge on any atom is -0.338 e. The van der Waals surface area contributed by atoms with Crippen LogP contribution in [0.1, 0.15) is 26.3 Å². The van der Waals surface area contributed by atoms with Gasteiger partial charge in [-0.05, 0) is 11.5 Å². The smallest absolute Gasteiger partial charge is 0.194 e. The van der Waals surface area contributed by atoms with Crippen molar-refractivity contribution in [2.75, 3.05) is 0 Å². The van der Waals surface area contributed by atoms with Crippen molar-refractivity contribution in [3.63, 3.8) is 0 Å². The molecule has 56 valence electrons. The molecule has 0 saturated carbocycles. The Labute approximate surface area is 60.3 Å². The lowest BCUT2D eigenvalue weighted by molar-refractivity contribution is 0.509. The highest BCUT2D eigenvalue weighted by Gasteiger charge is 2.18. The van der Waals surface area contributed by atoms with Crippen LogP contribution in [-0.2, 0) is 5.41 Å². The van der Waals surface area contributed by atoms with E-state index in [0.717, 1.165) is 5.56 Å². The van der Waals surface area contributed by atoms with Gasteiger partial charge in [0.15, 0.2) is 5.95 Å². The summed E-state index contributed by atoms with van der Waals surface area (Å²) in [6, 6.07) is 1.77. The molecular formula is C8H12FN. The van der Waals surface area contributed by atoms with Crippen LogP contribution in [0.5, 0.6) is 0 Å². The zero-order chi connectivity index (χ0) is 7.78. The summed E-state index contributed by atoms with van der Waals surface area (Å²) in [7, 11) is 0. The molecule has 0 radical (unpaired) electrons. The fraction of sp³-hybridized carbons (Fsp3) is 0.500. The molecule has 1 rings (SSSR count). The maximum Gasteiger partial charge on any atom is 0.194 e. The van der Waals surface area contributed by atoms with Gasteiger partial charge in [0, 0.05) is 11.8 Å². The van der Waals surface area contributed by atoms with E-state index >= 15 is 0 Å². The maximum absolute atomic E-state index is 12.8. The second kappa shape index (κ2) is 2.11. The van der Waals surface area contributed by atoms with E-state index in [1.54, 1.807) is 12.3 Å². The molecule has 0 spiro atoms. The number of rotatable bonds is 0. The third kappa shape index (κ3) is 1.20. The molecule has 0 amide bonds. The summed E-state index contributed by atoms with van der Waals surface area (Å²) in [5.74, 6) is -0.215. The molecule has 1 nitrogen and oxygen atoms in total. The molecule has 0 fully saturated rings. The number of halogens is 1. The van der Waals surface area contributed by atoms with Gasteiger partial charge < -0.3 is 4.98 Å². The number of aromatic amines is 1. The van der Waals surface area contributed by atoms with Gasteiger partial charge in [-0.1, -0.05) is 20.8 Å². The van der Waals surface area contributed by atoms with Crippen LogP contribution < -0.4 is 0 Å². The SMILES string of the molecule is CC(C)(C)c1cc[nH]c1F. The molecule has 1 aromatic rings. The van der Waals surface area contributed by atoms with Gasteiger partial charge >= 0.3 is 0 Å². The summed E-state index contributed by atoms with van der Waals surface area (Å²) in [6.07, 6.45) is 1.62. The Bertz CT molecular complexity index is 219. The standard InChI is InChI=1S/C8H12FN/c1-8(2,3)6-4-5-10-7(6)9/h4-5,10H,1-3H3. The van der Waals surface area contributed by atoms with Crippen LogP contribution in [-0.4, -0.2) is 4.98 Å². The van der Waals surface area contributed by atoms with Crippen LogP contribution in [0.25, 0.3) is 0 Å². The minimum atomic E-state index is -0.215. The predicted molar refractivity (Wildman–Crippen MR) is 39.5 cm³/mol. The lowest BCUT2D eigenvalue weighted by Gasteiger charge is -2.15. The monoisotopic (exact) mass is 141 g/mol. The number of aromatic nitrogens is 1. The first-order valence-electron chi connectivity index (χ1n) is 3.35. The third-order valence-electron chi connectivity index (χ3n) is 1.50. The Morgan fingerprint density at radius 3 is 2.20 bits per heavy atom. The van der Waals surface area contributed by atoms with Crippen LogP contribution in [0.2, 0.25) is 0 Å². The topological polar surface area (TPSA) is 15.8 Å². The highest BCUT2D eigenvalue weighted by atomic mass is 19.1. The van der Waals surface area contributed by atoms with Crippen molar-refractivity contribution in [2.45, 2.75) is 26.2 Å². The fourth-order valence-corrected chi connectivity index (χ4v) is 0.928. The summed E-state index contributed by atoms with van der Waals surface area (Å²) in [4.78, 5) is 2.51. The zero-order valence-corrected chi connectivity index (χ0v) is 6.53. The minimum absolute atomic E-state index is 0.0932. The molecule has 0 bridgehead atoms. The van der Waals surface area contributed by atoms with E-state index in [4.69, 9.17) is 0 Å². The van der Waals surface area contributed by atoms with Crippen LogP contribution in [0.15, 0.2) is 12.3 Å². The highest BCUT2D eigenvalue weighted by Crippen LogP contribution is 2.23. The van der Waals surface area contributed by atoms with E-state index in [1.165, 1.54) is 0 Å². The highest BCUT2D eigenvalue weighted by molar-refractivity contribution is 5.19. The zero-order valence-electron chi connectivity index (χ0n) is 6.53. The first-order valence-corrected chi connectivity index (χ1v) is 3.35. The number of nitrogens with one attached hydrogen (secondary N) is 1. The molecule has 1 N–H and O–H groups in total. The lowest BCUT2D eigenvalue weighted by atomic mass is 9.89. The largest absolute Gasteiger partial charge is 0.338 e. The first kappa shape index (κ1) is 7.32. The normalized spacial score (nSPS) is 12.0. The van der Waals surface area contributed by atoms with Crippen molar-refractivity contribution in [3.8, 4) is 0 Å². The van der Waals surface area contributed by atoms with E-state index in [0.29, 0.717) is 0 Å². The van der Waals surface area contributed by atoms with Crippen LogP contribution in [0.4, 0.5) is 4.39 Å². The fourth-order valence-electron chi connectivity index (χ4n) is 0.928. The van der Waals surface area contributed by atoms with Gasteiger partial charge in [-0.15, -0.1) is 0 Å². The van der Waals surface area contributed by atoms with Crippen LogP contribution in [0.3, 0.4) is 0 Å². The van der Waals surface area contributed by atoms with Crippen molar-refractivity contribution < 1.29 is 4.39 Å². The average molecular weight is 141 g/mol. The summed E-state index contributed by atoms with van der Waals surface area (Å²) in [6.45, 7) is 5.96. The molecule has 0 saturated heterocycles. The van der Waals surface area contributed by atoms with Gasteiger partial charge in [-0.25, -0.2) is 0 Å². The van der Waals surface area contributed by atoms with E-state index in [2.05, 4.69) is 4.98 Å². The predicted octanol–water partition coefficient (Wildman–Crippen LogP) is 2.45. The molecule has 0 aliphatic rings. The summed E-state index contributed by atoms with van der Waals surface area (Å²) in [5, 5.41) is 0. The van der Waals surface area contributed by atoms with Crippen molar-refractivity contribution in [1.29, 1.82) is 0 Å². The van der Waals surface area contributed by atoms with Gasteiger partial charge in [0.25, 0.3) is 0 Å². The van der Waals surface area contributed by atoms with Gasteiger partial charge in [0.05, 0.1) is 0 Å². The Morgan fingerprint density at radius 1 is 1.40 bits per heavy atom. The Morgan fingerprint density at radius 2 is 2.00 bits per heavy atom. The van der Waals surface area contributed by atoms with E-state index in [1.807, 2.05) is 20.8 Å². The van der Waals surface area contributed by atoms with Crippen molar-refractivity contribution in [2.24, 2.45) is 0 Å². The maximum atomic E-state index is 12.8. The summed E-state index contributed by atoms with van der Waals surface area (Å²) in [5.41, 5.74) is 0.650. The average Bonchev–Trinajstić information content (AvgIpc) is 2.11. The molecular weight excluding hydrogens is 129 g/mol. The quantitative estimate of drug-likeness (QED) is 0.571. The second-order valence-electron chi connectivity index (χ2n) is 3.46. The Balaban J connectivity index is 3.05. The van der Waals surface area contributed by atoms with Gasteiger partial charge in [-0.3, -0.25) is 0 Å². The van der Waals surface area contributed by atoms with Crippen molar-refractivity contribution in [3.05, 3.63) is 23.8 Å². The number of H-pyrrole nitrogens is 1. The van der Waals surface area contributed by atoms with Crippen LogP contribution in [0, 0.1) is 5.95 Å². The molecule has 10 heavy (non-hydrogen) atoms. The van der Waals surface area contributed by atoms with Crippen molar-refractivity contribution >= 4 is 0 Å². The Kier molecular flexibility index (Phi) is 1.55. The molecule has 1 aromatic heterocycles. The summed E-state index contributed by atoms with van der Waals surface area (Å²) >= 11 is 0. The van der Waals surface area contributed by atoms with Crippen LogP contribution >= 0.6 is 0 Å². The van der Waals surface area contributed by atoms with Crippen molar-refractivity contribution in [1.82, 2.24) is 4.98 Å². The molecule has 1 heterocycles. The van der Waals surface area contributed by atoms with Gasteiger partial charge in [0.2, 0.25) is 0 Å². The third-order valence-corrected chi connectivity index (χ3v) is 1.50. The number of hydrogen-bond donors (Lipinski definition) is 1.